The Balaban J connectivity index is 1.26. The van der Waals surface area contributed by atoms with Crippen LogP contribution in [0.2, 0.25) is 0 Å². The topological polar surface area (TPSA) is 132 Å². The molecule has 0 radical (unpaired) electrons. The van der Waals surface area contributed by atoms with Gasteiger partial charge >= 0.3 is 0 Å². The highest BCUT2D eigenvalue weighted by molar-refractivity contribution is 5.99. The van der Waals surface area contributed by atoms with E-state index in [1.807, 2.05) is 49.4 Å². The Bertz CT molecular complexity index is 1870. The Morgan fingerprint density at radius 1 is 0.974 bits per heavy atom. The largest absolute Gasteiger partial charge is 0.439 e. The molecule has 0 aliphatic heterocycles. The minimum Gasteiger partial charge on any atom is -0.439 e. The summed E-state index contributed by atoms with van der Waals surface area (Å²) >= 11 is 0. The summed E-state index contributed by atoms with van der Waals surface area (Å²) < 4.78 is 7.69. The second-order valence-corrected chi connectivity index (χ2v) is 8.64. The van der Waals surface area contributed by atoms with Crippen LogP contribution in [0.1, 0.15) is 5.56 Å². The average Bonchev–Trinajstić information content (AvgIpc) is 3.43. The van der Waals surface area contributed by atoms with E-state index in [0.29, 0.717) is 28.8 Å². The lowest BCUT2D eigenvalue weighted by atomic mass is 10.0. The van der Waals surface area contributed by atoms with Gasteiger partial charge in [0.15, 0.2) is 5.65 Å². The van der Waals surface area contributed by atoms with E-state index < -0.39 is 0 Å². The van der Waals surface area contributed by atoms with E-state index in [2.05, 4.69) is 47.3 Å². The predicted octanol–water partition coefficient (Wildman–Crippen LogP) is 5.10. The monoisotopic (exact) mass is 515 g/mol. The Morgan fingerprint density at radius 2 is 1.90 bits per heavy atom. The molecule has 11 nitrogen and oxygen atoms in total. The first-order valence-electron chi connectivity index (χ1n) is 11.9. The molecule has 190 valence electrons. The number of pyridine rings is 1. The molecule has 0 saturated carbocycles. The summed E-state index contributed by atoms with van der Waals surface area (Å²) in [6, 6.07) is 15.2. The Labute approximate surface area is 222 Å². The number of nitrogens with zero attached hydrogens (tertiary/aromatic N) is 7. The zero-order chi connectivity index (χ0) is 26.8. The summed E-state index contributed by atoms with van der Waals surface area (Å²) in [6.45, 7) is 5.44. The molecule has 2 aromatic carbocycles. The smallest absolute Gasteiger partial charge is 0.247 e. The summed E-state index contributed by atoms with van der Waals surface area (Å²) in [6.07, 6.45) is 9.24. The van der Waals surface area contributed by atoms with Crippen LogP contribution < -0.4 is 15.4 Å². The van der Waals surface area contributed by atoms with Gasteiger partial charge in [0.2, 0.25) is 11.8 Å². The first-order chi connectivity index (χ1) is 19.1. The molecule has 0 aliphatic rings. The van der Waals surface area contributed by atoms with E-state index in [9.17, 15) is 4.79 Å². The average molecular weight is 516 g/mol. The molecule has 0 unspecified atom stereocenters. The standard InChI is InChI=1S/C28H21N9O2/c1-3-26(38)34-21-9-19(12-29-13-21)18-4-6-23-22(10-18)28(31-14-30-23)35-20-5-7-24(17(2)8-20)39-27-11-25-36-33-16-37(25)15-32-27/h3-16H,1H2,2H3,(H,34,38)(H,30,31,35). The van der Waals surface area contributed by atoms with Crippen LogP contribution in [0.15, 0.2) is 92.6 Å². The number of aryl methyl sites for hydroxylation is 1. The first kappa shape index (κ1) is 23.7. The van der Waals surface area contributed by atoms with Crippen LogP contribution in [0.3, 0.4) is 0 Å². The maximum absolute atomic E-state index is 11.7. The number of rotatable bonds is 7. The highest BCUT2D eigenvalue weighted by Crippen LogP contribution is 2.31. The van der Waals surface area contributed by atoms with Gasteiger partial charge < -0.3 is 15.4 Å². The molecule has 0 fully saturated rings. The Morgan fingerprint density at radius 3 is 2.77 bits per heavy atom. The lowest BCUT2D eigenvalue weighted by Crippen LogP contribution is -2.07. The summed E-state index contributed by atoms with van der Waals surface area (Å²) in [7, 11) is 0. The van der Waals surface area contributed by atoms with E-state index >= 15 is 0 Å². The fourth-order valence-electron chi connectivity index (χ4n) is 4.05. The van der Waals surface area contributed by atoms with E-state index in [4.69, 9.17) is 4.74 Å². The van der Waals surface area contributed by atoms with Crippen LogP contribution in [0.4, 0.5) is 17.2 Å². The lowest BCUT2D eigenvalue weighted by Gasteiger charge is -2.13. The van der Waals surface area contributed by atoms with Crippen molar-refractivity contribution in [2.24, 2.45) is 0 Å². The van der Waals surface area contributed by atoms with Gasteiger partial charge in [0.05, 0.1) is 17.4 Å². The predicted molar refractivity (Wildman–Crippen MR) is 147 cm³/mol. The first-order valence-corrected chi connectivity index (χ1v) is 11.9. The van der Waals surface area contributed by atoms with Crippen LogP contribution in [0.5, 0.6) is 11.6 Å². The summed E-state index contributed by atoms with van der Waals surface area (Å²) in [5.74, 6) is 1.45. The van der Waals surface area contributed by atoms with Crippen molar-refractivity contribution in [3.05, 3.63) is 98.1 Å². The number of anilines is 3. The number of amides is 1. The van der Waals surface area contributed by atoms with Gasteiger partial charge in [-0.1, -0.05) is 12.6 Å². The van der Waals surface area contributed by atoms with Crippen molar-refractivity contribution in [1.29, 1.82) is 0 Å². The molecule has 11 heteroatoms. The minimum absolute atomic E-state index is 0.299. The van der Waals surface area contributed by atoms with Crippen molar-refractivity contribution in [3.8, 4) is 22.8 Å². The van der Waals surface area contributed by atoms with Crippen molar-refractivity contribution in [1.82, 2.24) is 34.5 Å². The van der Waals surface area contributed by atoms with E-state index in [1.165, 1.54) is 12.4 Å². The molecular weight excluding hydrogens is 494 g/mol. The van der Waals surface area contributed by atoms with Crippen molar-refractivity contribution in [2.45, 2.75) is 6.92 Å². The second kappa shape index (κ2) is 9.98. The number of hydrogen-bond acceptors (Lipinski definition) is 9. The quantitative estimate of drug-likeness (QED) is 0.279. The number of benzene rings is 2. The molecule has 0 spiro atoms. The van der Waals surface area contributed by atoms with Crippen LogP contribution in [0, 0.1) is 6.92 Å². The fraction of sp³-hybridized carbons (Fsp3) is 0.0357. The maximum Gasteiger partial charge on any atom is 0.247 e. The molecular formula is C28H21N9O2. The fourth-order valence-corrected chi connectivity index (χ4v) is 4.05. The lowest BCUT2D eigenvalue weighted by molar-refractivity contribution is -0.111. The van der Waals surface area contributed by atoms with Gasteiger partial charge in [-0.05, 0) is 60.5 Å². The van der Waals surface area contributed by atoms with Gasteiger partial charge in [0.1, 0.15) is 30.5 Å². The number of carbonyl (C=O) groups is 1. The molecule has 39 heavy (non-hydrogen) atoms. The third-order valence-corrected chi connectivity index (χ3v) is 5.97. The van der Waals surface area contributed by atoms with Crippen LogP contribution in [0.25, 0.3) is 27.7 Å². The zero-order valence-electron chi connectivity index (χ0n) is 20.7. The molecule has 2 N–H and O–H groups in total. The molecule has 0 saturated heterocycles. The molecule has 0 atom stereocenters. The maximum atomic E-state index is 11.7. The number of carbonyl (C=O) groups excluding carboxylic acids is 1. The summed E-state index contributed by atoms with van der Waals surface area (Å²) in [5, 5.41) is 14.8. The molecule has 6 rings (SSSR count). The number of nitrogens with one attached hydrogen (secondary N) is 2. The third-order valence-electron chi connectivity index (χ3n) is 5.97. The molecule has 4 aromatic heterocycles. The van der Waals surface area contributed by atoms with Crippen LogP contribution in [-0.2, 0) is 4.79 Å². The van der Waals surface area contributed by atoms with E-state index in [1.54, 1.807) is 35.5 Å². The normalized spacial score (nSPS) is 10.9. The molecule has 0 aliphatic carbocycles. The minimum atomic E-state index is -0.299. The highest BCUT2D eigenvalue weighted by Gasteiger charge is 2.10. The van der Waals surface area contributed by atoms with Crippen molar-refractivity contribution >= 4 is 39.6 Å². The number of fused-ring (bicyclic) bond motifs is 2. The van der Waals surface area contributed by atoms with Gasteiger partial charge in [0, 0.05) is 28.9 Å². The Kier molecular flexibility index (Phi) is 6.06. The Hall–Kier alpha value is -5.71. The molecule has 6 aromatic rings. The van der Waals surface area contributed by atoms with E-state index in [0.717, 1.165) is 33.3 Å². The number of hydrogen-bond donors (Lipinski definition) is 2. The van der Waals surface area contributed by atoms with Crippen molar-refractivity contribution < 1.29 is 9.53 Å². The second-order valence-electron chi connectivity index (χ2n) is 8.64. The molecule has 0 bridgehead atoms. The summed E-state index contributed by atoms with van der Waals surface area (Å²) in [4.78, 5) is 29.1. The molecule has 1 amide bonds. The van der Waals surface area contributed by atoms with Gasteiger partial charge in [-0.2, -0.15) is 0 Å². The SMILES string of the molecule is C=CC(=O)Nc1cncc(-c2ccc3ncnc(Nc4ccc(Oc5cc6nncn6cn5)c(C)c4)c3c2)c1. The number of aromatic nitrogens is 7. The van der Waals surface area contributed by atoms with Gasteiger partial charge in [-0.25, -0.2) is 15.0 Å². The van der Waals surface area contributed by atoms with Crippen LogP contribution >= 0.6 is 0 Å². The number of ether oxygens (including phenoxy) is 1. The van der Waals surface area contributed by atoms with E-state index in [-0.39, 0.29) is 5.91 Å². The van der Waals surface area contributed by atoms with Crippen LogP contribution in [-0.4, -0.2) is 40.4 Å². The van der Waals surface area contributed by atoms with Gasteiger partial charge in [0.25, 0.3) is 0 Å². The van der Waals surface area contributed by atoms with Crippen molar-refractivity contribution in [2.75, 3.05) is 10.6 Å². The van der Waals surface area contributed by atoms with Gasteiger partial charge in [-0.3, -0.25) is 14.2 Å². The molecule has 4 heterocycles. The highest BCUT2D eigenvalue weighted by atomic mass is 16.5. The summed E-state index contributed by atoms with van der Waals surface area (Å²) in [5.41, 5.74) is 5.49. The third kappa shape index (κ3) is 4.96. The van der Waals surface area contributed by atoms with Crippen molar-refractivity contribution in [3.63, 3.8) is 0 Å². The van der Waals surface area contributed by atoms with Gasteiger partial charge in [-0.15, -0.1) is 10.2 Å². The zero-order valence-corrected chi connectivity index (χ0v) is 20.7.